The van der Waals surface area contributed by atoms with Gasteiger partial charge in [-0.05, 0) is 5.92 Å². The van der Waals surface area contributed by atoms with Crippen LogP contribution in [-0.2, 0) is 4.79 Å². The van der Waals surface area contributed by atoms with Crippen molar-refractivity contribution in [3.63, 3.8) is 0 Å². The van der Waals surface area contributed by atoms with E-state index in [0.717, 1.165) is 0 Å². The highest BCUT2D eigenvalue weighted by Crippen LogP contribution is 2.03. The molecule has 0 aliphatic heterocycles. The van der Waals surface area contributed by atoms with Gasteiger partial charge in [-0.1, -0.05) is 13.8 Å². The van der Waals surface area contributed by atoms with Gasteiger partial charge in [-0.3, -0.25) is 4.79 Å². The number of carbonyl (C=O) groups is 1. The molecule has 0 aliphatic rings. The molecule has 0 saturated carbocycles. The molecule has 0 aromatic rings. The summed E-state index contributed by atoms with van der Waals surface area (Å²) in [6, 6.07) is -1.17. The van der Waals surface area contributed by atoms with Crippen molar-refractivity contribution in [2.75, 3.05) is 0 Å². The lowest BCUT2D eigenvalue weighted by Gasteiger charge is -2.17. The van der Waals surface area contributed by atoms with Crippen molar-refractivity contribution in [3.05, 3.63) is 0 Å². The minimum absolute atomic E-state index is 0.119. The number of hydrogen-bond donors (Lipinski definition) is 3. The van der Waals surface area contributed by atoms with Gasteiger partial charge in [0, 0.05) is 0 Å². The lowest BCUT2D eigenvalue weighted by molar-refractivity contribution is -0.141. The van der Waals surface area contributed by atoms with Gasteiger partial charge in [0.15, 0.2) is 0 Å². The highest BCUT2D eigenvalue weighted by molar-refractivity contribution is 5.73. The fourth-order valence-corrected chi connectivity index (χ4v) is 0.561. The molecule has 0 rings (SSSR count). The van der Waals surface area contributed by atoms with Crippen LogP contribution in [0.4, 0.5) is 0 Å². The highest BCUT2D eigenvalue weighted by Gasteiger charge is 2.24. The van der Waals surface area contributed by atoms with E-state index in [0.29, 0.717) is 0 Å². The third-order valence-electron chi connectivity index (χ3n) is 1.34. The van der Waals surface area contributed by atoms with Gasteiger partial charge in [0.2, 0.25) is 0 Å². The molecule has 0 aromatic heterocycles. The zero-order chi connectivity index (χ0) is 8.31. The number of aliphatic hydroxyl groups is 1. The predicted molar refractivity (Wildman–Crippen MR) is 36.5 cm³/mol. The van der Waals surface area contributed by atoms with E-state index in [1.807, 2.05) is 0 Å². The summed E-state index contributed by atoms with van der Waals surface area (Å²) in [5.41, 5.74) is 5.11. The Bertz CT molecular complexity index is 124. The van der Waals surface area contributed by atoms with Crippen LogP contribution in [-0.4, -0.2) is 28.3 Å². The molecule has 1 unspecified atom stereocenters. The first-order valence-electron chi connectivity index (χ1n) is 3.13. The molecule has 4 nitrogen and oxygen atoms in total. The van der Waals surface area contributed by atoms with Crippen molar-refractivity contribution >= 4 is 5.97 Å². The Morgan fingerprint density at radius 3 is 2.00 bits per heavy atom. The standard InChI is InChI=1S/C6H13NO3/c1-3(2)5(8)4(7)6(9)10/h3-5,8H,7H2,1-2H3,(H,9,10)/t4-,5?/m0/s1. The second kappa shape index (κ2) is 3.53. The van der Waals surface area contributed by atoms with Crippen LogP contribution >= 0.6 is 0 Å². The van der Waals surface area contributed by atoms with Crippen LogP contribution in [0.2, 0.25) is 0 Å². The molecule has 60 valence electrons. The molecule has 0 spiro atoms. The molecule has 0 saturated heterocycles. The third-order valence-corrected chi connectivity index (χ3v) is 1.34. The molecule has 4 heteroatoms. The number of carboxylic acid groups (broad SMARTS) is 1. The van der Waals surface area contributed by atoms with Gasteiger partial charge in [-0.15, -0.1) is 0 Å². The molecule has 0 amide bonds. The average molecular weight is 147 g/mol. The molecule has 0 radical (unpaired) electrons. The second-order valence-corrected chi connectivity index (χ2v) is 2.60. The van der Waals surface area contributed by atoms with Crippen molar-refractivity contribution in [2.45, 2.75) is 26.0 Å². The number of carboxylic acids is 1. The van der Waals surface area contributed by atoms with Crippen molar-refractivity contribution in [2.24, 2.45) is 11.7 Å². The molecular weight excluding hydrogens is 134 g/mol. The van der Waals surface area contributed by atoms with Gasteiger partial charge in [0.1, 0.15) is 6.04 Å². The normalized spacial score (nSPS) is 16.9. The van der Waals surface area contributed by atoms with Crippen molar-refractivity contribution in [1.29, 1.82) is 0 Å². The van der Waals surface area contributed by atoms with Crippen LogP contribution in [0.15, 0.2) is 0 Å². The summed E-state index contributed by atoms with van der Waals surface area (Å²) >= 11 is 0. The maximum atomic E-state index is 10.2. The van der Waals surface area contributed by atoms with Crippen molar-refractivity contribution in [1.82, 2.24) is 0 Å². The van der Waals surface area contributed by atoms with E-state index in [4.69, 9.17) is 15.9 Å². The number of hydrogen-bond acceptors (Lipinski definition) is 3. The second-order valence-electron chi connectivity index (χ2n) is 2.60. The topological polar surface area (TPSA) is 83.5 Å². The minimum Gasteiger partial charge on any atom is -0.480 e. The molecule has 0 heterocycles. The molecule has 4 N–H and O–H groups in total. The lowest BCUT2D eigenvalue weighted by atomic mass is 10.0. The van der Waals surface area contributed by atoms with Gasteiger partial charge in [-0.25, -0.2) is 0 Å². The summed E-state index contributed by atoms with van der Waals surface area (Å²) in [7, 11) is 0. The molecule has 2 atom stereocenters. The van der Waals surface area contributed by atoms with Crippen LogP contribution in [0.3, 0.4) is 0 Å². The van der Waals surface area contributed by atoms with Crippen LogP contribution in [0.5, 0.6) is 0 Å². The Morgan fingerprint density at radius 2 is 1.90 bits per heavy atom. The third kappa shape index (κ3) is 2.33. The quantitative estimate of drug-likeness (QED) is 0.498. The SMILES string of the molecule is CC(C)C(O)[C@H](N)C(=O)O. The lowest BCUT2D eigenvalue weighted by Crippen LogP contribution is -2.44. The van der Waals surface area contributed by atoms with E-state index >= 15 is 0 Å². The number of aliphatic carboxylic acids is 1. The van der Waals surface area contributed by atoms with Crippen molar-refractivity contribution < 1.29 is 15.0 Å². The van der Waals surface area contributed by atoms with Crippen LogP contribution < -0.4 is 5.73 Å². The van der Waals surface area contributed by atoms with Gasteiger partial charge in [0.25, 0.3) is 0 Å². The largest absolute Gasteiger partial charge is 0.480 e. The first kappa shape index (κ1) is 9.39. The van der Waals surface area contributed by atoms with Gasteiger partial charge in [-0.2, -0.15) is 0 Å². The fourth-order valence-electron chi connectivity index (χ4n) is 0.561. The molecule has 10 heavy (non-hydrogen) atoms. The summed E-state index contributed by atoms with van der Waals surface area (Å²) in [5.74, 6) is -1.28. The van der Waals surface area contributed by atoms with E-state index < -0.39 is 18.1 Å². The van der Waals surface area contributed by atoms with Gasteiger partial charge in [0.05, 0.1) is 6.10 Å². The first-order valence-corrected chi connectivity index (χ1v) is 3.13. The van der Waals surface area contributed by atoms with E-state index in [1.54, 1.807) is 13.8 Å². The molecule has 0 fully saturated rings. The van der Waals surface area contributed by atoms with Gasteiger partial charge >= 0.3 is 5.97 Å². The minimum atomic E-state index is -1.17. The van der Waals surface area contributed by atoms with Gasteiger partial charge < -0.3 is 15.9 Å². The molecule has 0 aromatic carbocycles. The molecular formula is C6H13NO3. The summed E-state index contributed by atoms with van der Waals surface area (Å²) in [5, 5.41) is 17.4. The zero-order valence-electron chi connectivity index (χ0n) is 6.11. The van der Waals surface area contributed by atoms with Crippen LogP contribution in [0, 0.1) is 5.92 Å². The van der Waals surface area contributed by atoms with E-state index in [1.165, 1.54) is 0 Å². The Hall–Kier alpha value is -0.610. The summed E-state index contributed by atoms with van der Waals surface area (Å²) in [4.78, 5) is 10.2. The Balaban J connectivity index is 3.94. The predicted octanol–water partition coefficient (Wildman–Crippen LogP) is -0.585. The first-order chi connectivity index (χ1) is 4.46. The van der Waals surface area contributed by atoms with Crippen LogP contribution in [0.25, 0.3) is 0 Å². The summed E-state index contributed by atoms with van der Waals surface area (Å²) < 4.78 is 0. The van der Waals surface area contributed by atoms with E-state index in [2.05, 4.69) is 0 Å². The van der Waals surface area contributed by atoms with E-state index in [9.17, 15) is 4.79 Å². The fraction of sp³-hybridized carbons (Fsp3) is 0.833. The Labute approximate surface area is 59.7 Å². The maximum Gasteiger partial charge on any atom is 0.323 e. The number of nitrogens with two attached hydrogens (primary N) is 1. The summed E-state index contributed by atoms with van der Waals surface area (Å²) in [6.45, 7) is 3.43. The molecule has 0 aliphatic carbocycles. The average Bonchev–Trinajstić information content (AvgIpc) is 1.84. The Morgan fingerprint density at radius 1 is 1.50 bits per heavy atom. The zero-order valence-corrected chi connectivity index (χ0v) is 6.11. The Kier molecular flexibility index (Phi) is 3.32. The van der Waals surface area contributed by atoms with Crippen LogP contribution in [0.1, 0.15) is 13.8 Å². The smallest absolute Gasteiger partial charge is 0.323 e. The maximum absolute atomic E-state index is 10.2. The number of rotatable bonds is 3. The van der Waals surface area contributed by atoms with Crippen molar-refractivity contribution in [3.8, 4) is 0 Å². The number of aliphatic hydroxyl groups excluding tert-OH is 1. The summed E-state index contributed by atoms with van der Waals surface area (Å²) in [6.07, 6.45) is -0.961. The highest BCUT2D eigenvalue weighted by atomic mass is 16.4. The molecule has 0 bridgehead atoms. The van der Waals surface area contributed by atoms with E-state index in [-0.39, 0.29) is 5.92 Å². The monoisotopic (exact) mass is 147 g/mol.